The van der Waals surface area contributed by atoms with E-state index in [1.165, 1.54) is 6.07 Å². The number of nitrogens with zero attached hydrogens (tertiary/aromatic N) is 1. The molecule has 0 aliphatic carbocycles. The maximum Gasteiger partial charge on any atom is 0.200 e. The highest BCUT2D eigenvalue weighted by Gasteiger charge is 2.25. The average Bonchev–Trinajstić information content (AvgIpc) is 2.54. The smallest absolute Gasteiger partial charge is 0.200 e. The van der Waals surface area contributed by atoms with Gasteiger partial charge in [-0.3, -0.25) is 0 Å². The zero-order chi connectivity index (χ0) is 17.1. The summed E-state index contributed by atoms with van der Waals surface area (Å²) in [5, 5.41) is 10.0. The summed E-state index contributed by atoms with van der Waals surface area (Å²) in [5.41, 5.74) is -0.601. The highest BCUT2D eigenvalue weighted by Crippen LogP contribution is 2.30. The summed E-state index contributed by atoms with van der Waals surface area (Å²) in [7, 11) is 0. The molecule has 0 radical (unpaired) electrons. The standard InChI is InChI=1S/C16H12F5NO/c1-2-4-8-5-3-6-9(16(8)23)7-22-15-13(20)11(18)10(17)12(19)14(15)21/h3,5-7,23H,2,4H2,1H3. The van der Waals surface area contributed by atoms with E-state index in [0.29, 0.717) is 12.0 Å². The lowest BCUT2D eigenvalue weighted by Gasteiger charge is -2.06. The van der Waals surface area contributed by atoms with E-state index in [4.69, 9.17) is 0 Å². The number of para-hydroxylation sites is 1. The second-order valence-corrected chi connectivity index (χ2v) is 4.78. The SMILES string of the molecule is CCCc1cccc(C=Nc2c(F)c(F)c(F)c(F)c2F)c1O. The van der Waals surface area contributed by atoms with Gasteiger partial charge in [0.2, 0.25) is 5.82 Å². The lowest BCUT2D eigenvalue weighted by Crippen LogP contribution is -2.01. The van der Waals surface area contributed by atoms with Crippen LogP contribution in [0.15, 0.2) is 23.2 Å². The Morgan fingerprint density at radius 3 is 2.09 bits per heavy atom. The van der Waals surface area contributed by atoms with E-state index < -0.39 is 34.8 Å². The lowest BCUT2D eigenvalue weighted by molar-refractivity contribution is 0.381. The van der Waals surface area contributed by atoms with Crippen LogP contribution in [0.25, 0.3) is 0 Å². The molecule has 0 fully saturated rings. The van der Waals surface area contributed by atoms with Crippen LogP contribution in [0.2, 0.25) is 0 Å². The fourth-order valence-corrected chi connectivity index (χ4v) is 2.03. The largest absolute Gasteiger partial charge is 0.507 e. The summed E-state index contributed by atoms with van der Waals surface area (Å²) in [6.45, 7) is 1.90. The summed E-state index contributed by atoms with van der Waals surface area (Å²) in [5.74, 6) is -10.6. The Morgan fingerprint density at radius 2 is 1.52 bits per heavy atom. The van der Waals surface area contributed by atoms with Gasteiger partial charge in [0.05, 0.1) is 0 Å². The van der Waals surface area contributed by atoms with Gasteiger partial charge in [-0.15, -0.1) is 0 Å². The molecule has 0 spiro atoms. The number of aliphatic imine (C=N–C) groups is 1. The van der Waals surface area contributed by atoms with Crippen LogP contribution in [-0.4, -0.2) is 11.3 Å². The Kier molecular flexibility index (Phi) is 4.98. The van der Waals surface area contributed by atoms with Crippen LogP contribution in [0.5, 0.6) is 5.75 Å². The molecule has 2 nitrogen and oxygen atoms in total. The molecule has 2 rings (SSSR count). The highest BCUT2D eigenvalue weighted by atomic mass is 19.2. The topological polar surface area (TPSA) is 32.6 Å². The molecule has 2 aromatic carbocycles. The molecule has 2 aromatic rings. The number of hydrogen-bond acceptors (Lipinski definition) is 2. The minimum atomic E-state index is -2.24. The van der Waals surface area contributed by atoms with Crippen LogP contribution >= 0.6 is 0 Å². The van der Waals surface area contributed by atoms with Crippen molar-refractivity contribution < 1.29 is 27.1 Å². The molecule has 0 atom stereocenters. The van der Waals surface area contributed by atoms with Gasteiger partial charge in [0.25, 0.3) is 0 Å². The van der Waals surface area contributed by atoms with Crippen LogP contribution in [0.1, 0.15) is 24.5 Å². The normalized spacial score (nSPS) is 11.4. The third kappa shape index (κ3) is 3.18. The van der Waals surface area contributed by atoms with E-state index in [2.05, 4.69) is 4.99 Å². The van der Waals surface area contributed by atoms with Gasteiger partial charge < -0.3 is 5.11 Å². The van der Waals surface area contributed by atoms with E-state index in [-0.39, 0.29) is 11.3 Å². The molecule has 0 aliphatic heterocycles. The number of benzene rings is 2. The molecule has 1 N–H and O–H groups in total. The molecule has 0 aromatic heterocycles. The molecule has 0 aliphatic rings. The number of phenolic OH excluding ortho intramolecular Hbond substituents is 1. The van der Waals surface area contributed by atoms with Crippen LogP contribution < -0.4 is 0 Å². The van der Waals surface area contributed by atoms with Gasteiger partial charge in [0, 0.05) is 11.8 Å². The third-order valence-corrected chi connectivity index (χ3v) is 3.19. The zero-order valence-corrected chi connectivity index (χ0v) is 12.0. The van der Waals surface area contributed by atoms with Gasteiger partial charge in [-0.2, -0.15) is 0 Å². The molecule has 0 saturated carbocycles. The number of aryl methyl sites for hydroxylation is 1. The maximum absolute atomic E-state index is 13.5. The summed E-state index contributed by atoms with van der Waals surface area (Å²) in [6.07, 6.45) is 2.18. The summed E-state index contributed by atoms with van der Waals surface area (Å²) >= 11 is 0. The molecule has 0 bridgehead atoms. The molecule has 23 heavy (non-hydrogen) atoms. The first-order valence-corrected chi connectivity index (χ1v) is 6.74. The van der Waals surface area contributed by atoms with Crippen molar-refractivity contribution >= 4 is 11.9 Å². The predicted molar refractivity (Wildman–Crippen MR) is 75.6 cm³/mol. The molecular formula is C16H12F5NO. The van der Waals surface area contributed by atoms with Gasteiger partial charge in [0.1, 0.15) is 11.4 Å². The van der Waals surface area contributed by atoms with E-state index in [0.717, 1.165) is 12.6 Å². The Bertz CT molecular complexity index is 745. The van der Waals surface area contributed by atoms with Crippen molar-refractivity contribution in [2.24, 2.45) is 4.99 Å². The Labute approximate surface area is 128 Å². The Hall–Kier alpha value is -2.44. The Morgan fingerprint density at radius 1 is 0.957 bits per heavy atom. The molecule has 0 saturated heterocycles. The lowest BCUT2D eigenvalue weighted by atomic mass is 10.1. The van der Waals surface area contributed by atoms with Gasteiger partial charge in [-0.25, -0.2) is 26.9 Å². The average molecular weight is 329 g/mol. The third-order valence-electron chi connectivity index (χ3n) is 3.19. The van der Waals surface area contributed by atoms with E-state index >= 15 is 0 Å². The van der Waals surface area contributed by atoms with Crippen molar-refractivity contribution in [2.45, 2.75) is 19.8 Å². The second kappa shape index (κ2) is 6.76. The van der Waals surface area contributed by atoms with Crippen LogP contribution in [0, 0.1) is 29.1 Å². The summed E-state index contributed by atoms with van der Waals surface area (Å²) in [6, 6.07) is 4.66. The van der Waals surface area contributed by atoms with Crippen molar-refractivity contribution in [1.29, 1.82) is 0 Å². The van der Waals surface area contributed by atoms with Gasteiger partial charge >= 0.3 is 0 Å². The monoisotopic (exact) mass is 329 g/mol. The van der Waals surface area contributed by atoms with Crippen LogP contribution in [0.4, 0.5) is 27.6 Å². The van der Waals surface area contributed by atoms with E-state index in [9.17, 15) is 27.1 Å². The number of phenols is 1. The van der Waals surface area contributed by atoms with Crippen molar-refractivity contribution in [3.05, 3.63) is 58.4 Å². The van der Waals surface area contributed by atoms with E-state index in [1.807, 2.05) is 6.92 Å². The second-order valence-electron chi connectivity index (χ2n) is 4.78. The first-order chi connectivity index (χ1) is 10.9. The van der Waals surface area contributed by atoms with Crippen LogP contribution in [0.3, 0.4) is 0 Å². The fourth-order valence-electron chi connectivity index (χ4n) is 2.03. The predicted octanol–water partition coefficient (Wildman–Crippen LogP) is 4.79. The van der Waals surface area contributed by atoms with E-state index in [1.54, 1.807) is 12.1 Å². The number of aromatic hydroxyl groups is 1. The molecular weight excluding hydrogens is 317 g/mol. The highest BCUT2D eigenvalue weighted by molar-refractivity contribution is 5.86. The quantitative estimate of drug-likeness (QED) is 0.372. The van der Waals surface area contributed by atoms with Gasteiger partial charge in [-0.1, -0.05) is 25.5 Å². The van der Waals surface area contributed by atoms with Crippen molar-refractivity contribution in [2.75, 3.05) is 0 Å². The minimum absolute atomic E-state index is 0.111. The first-order valence-electron chi connectivity index (χ1n) is 6.74. The fraction of sp³-hybridized carbons (Fsp3) is 0.188. The van der Waals surface area contributed by atoms with Gasteiger partial charge in [-0.05, 0) is 18.1 Å². The molecule has 122 valence electrons. The maximum atomic E-state index is 13.5. The molecule has 7 heteroatoms. The summed E-state index contributed by atoms with van der Waals surface area (Å²) in [4.78, 5) is 3.32. The van der Waals surface area contributed by atoms with Crippen molar-refractivity contribution in [3.8, 4) is 5.75 Å². The molecule has 0 unspecified atom stereocenters. The molecule has 0 amide bonds. The Balaban J connectivity index is 2.48. The summed E-state index contributed by atoms with van der Waals surface area (Å²) < 4.78 is 66.1. The van der Waals surface area contributed by atoms with Gasteiger partial charge in [0.15, 0.2) is 23.3 Å². The van der Waals surface area contributed by atoms with Crippen molar-refractivity contribution in [1.82, 2.24) is 0 Å². The molecule has 0 heterocycles. The number of rotatable bonds is 4. The zero-order valence-electron chi connectivity index (χ0n) is 12.0. The number of hydrogen-bond donors (Lipinski definition) is 1. The van der Waals surface area contributed by atoms with Crippen LogP contribution in [-0.2, 0) is 6.42 Å². The number of halogens is 5. The van der Waals surface area contributed by atoms with Crippen molar-refractivity contribution in [3.63, 3.8) is 0 Å². The minimum Gasteiger partial charge on any atom is -0.507 e. The first kappa shape index (κ1) is 16.9.